The van der Waals surface area contributed by atoms with Crippen LogP contribution in [0.1, 0.15) is 39.3 Å². The highest BCUT2D eigenvalue weighted by Gasteiger charge is 2.15. The van der Waals surface area contributed by atoms with E-state index in [2.05, 4.69) is 43.2 Å². The maximum absolute atomic E-state index is 5.66. The Morgan fingerprint density at radius 2 is 2.00 bits per heavy atom. The predicted octanol–water partition coefficient (Wildman–Crippen LogP) is 2.00. The Balaban J connectivity index is 2.56. The van der Waals surface area contributed by atoms with Crippen molar-refractivity contribution in [1.29, 1.82) is 0 Å². The Kier molecular flexibility index (Phi) is 4.24. The lowest BCUT2D eigenvalue weighted by molar-refractivity contribution is 0.405. The zero-order chi connectivity index (χ0) is 12.2. The summed E-state index contributed by atoms with van der Waals surface area (Å²) >= 11 is 0. The molecule has 3 N–H and O–H groups in total. The minimum atomic E-state index is 0.0817. The van der Waals surface area contributed by atoms with Gasteiger partial charge in [0.2, 0.25) is 0 Å². The van der Waals surface area contributed by atoms with Crippen molar-refractivity contribution in [2.75, 3.05) is 18.4 Å². The fourth-order valence-electron chi connectivity index (χ4n) is 1.15. The van der Waals surface area contributed by atoms with Gasteiger partial charge in [0, 0.05) is 6.54 Å². The smallest absolute Gasteiger partial charge is 0.148 e. The van der Waals surface area contributed by atoms with E-state index < -0.39 is 0 Å². The summed E-state index contributed by atoms with van der Waals surface area (Å²) in [5, 5.41) is 11.5. The van der Waals surface area contributed by atoms with Crippen LogP contribution in [-0.2, 0) is 0 Å². The maximum Gasteiger partial charge on any atom is 0.148 e. The quantitative estimate of drug-likeness (QED) is 0.799. The van der Waals surface area contributed by atoms with Crippen LogP contribution in [0, 0.1) is 5.41 Å². The van der Waals surface area contributed by atoms with Gasteiger partial charge in [-0.05, 0) is 30.0 Å². The Morgan fingerprint density at radius 1 is 1.31 bits per heavy atom. The van der Waals surface area contributed by atoms with Gasteiger partial charge in [-0.25, -0.2) is 0 Å². The van der Waals surface area contributed by atoms with Crippen molar-refractivity contribution in [3.8, 4) is 0 Å². The summed E-state index contributed by atoms with van der Waals surface area (Å²) in [5.74, 6) is 1.23. The molecule has 0 spiro atoms. The minimum absolute atomic E-state index is 0.0817. The van der Waals surface area contributed by atoms with Crippen molar-refractivity contribution in [1.82, 2.24) is 10.2 Å². The van der Waals surface area contributed by atoms with Gasteiger partial charge in [0.05, 0.1) is 5.69 Å². The normalized spacial score (nSPS) is 11.9. The molecule has 0 saturated heterocycles. The monoisotopic (exact) mass is 222 g/mol. The van der Waals surface area contributed by atoms with Gasteiger partial charge in [-0.1, -0.05) is 27.7 Å². The second-order valence-electron chi connectivity index (χ2n) is 5.22. The van der Waals surface area contributed by atoms with Crippen LogP contribution < -0.4 is 11.1 Å². The average molecular weight is 222 g/mol. The van der Waals surface area contributed by atoms with Gasteiger partial charge in [0.15, 0.2) is 0 Å². The van der Waals surface area contributed by atoms with Crippen molar-refractivity contribution >= 4 is 5.82 Å². The van der Waals surface area contributed by atoms with Gasteiger partial charge >= 0.3 is 0 Å². The molecule has 0 aliphatic heterocycles. The maximum atomic E-state index is 5.66. The number of nitrogens with one attached hydrogen (secondary N) is 1. The van der Waals surface area contributed by atoms with Gasteiger partial charge in [-0.2, -0.15) is 5.10 Å². The molecule has 0 aromatic carbocycles. The van der Waals surface area contributed by atoms with Crippen LogP contribution in [0.5, 0.6) is 0 Å². The van der Waals surface area contributed by atoms with Crippen LogP contribution in [-0.4, -0.2) is 23.3 Å². The van der Waals surface area contributed by atoms with Crippen LogP contribution in [0.2, 0.25) is 0 Å². The summed E-state index contributed by atoms with van der Waals surface area (Å²) in [6, 6.07) is 3.98. The molecule has 4 heteroatoms. The summed E-state index contributed by atoms with van der Waals surface area (Å²) in [6.07, 6.45) is 0. The minimum Gasteiger partial charge on any atom is -0.368 e. The van der Waals surface area contributed by atoms with E-state index in [1.54, 1.807) is 0 Å². The molecule has 90 valence electrons. The topological polar surface area (TPSA) is 63.8 Å². The number of hydrogen-bond donors (Lipinski definition) is 2. The van der Waals surface area contributed by atoms with Crippen molar-refractivity contribution < 1.29 is 0 Å². The van der Waals surface area contributed by atoms with Crippen molar-refractivity contribution in [2.45, 2.75) is 33.6 Å². The Morgan fingerprint density at radius 3 is 2.44 bits per heavy atom. The molecule has 0 fully saturated rings. The third-order valence-electron chi connectivity index (χ3n) is 2.58. The first-order valence-electron chi connectivity index (χ1n) is 5.72. The number of nitrogens with two attached hydrogens (primary N) is 1. The second kappa shape index (κ2) is 5.25. The molecule has 0 aliphatic carbocycles. The van der Waals surface area contributed by atoms with Crippen LogP contribution in [0.15, 0.2) is 12.1 Å². The van der Waals surface area contributed by atoms with E-state index in [1.165, 1.54) is 0 Å². The first kappa shape index (κ1) is 12.9. The highest BCUT2D eigenvalue weighted by molar-refractivity contribution is 5.33. The van der Waals surface area contributed by atoms with Crippen molar-refractivity contribution in [3.05, 3.63) is 17.8 Å². The highest BCUT2D eigenvalue weighted by atomic mass is 15.2. The fraction of sp³-hybridized carbons (Fsp3) is 0.667. The van der Waals surface area contributed by atoms with E-state index in [4.69, 9.17) is 5.73 Å². The lowest BCUT2D eigenvalue weighted by atomic mass is 9.94. The molecular weight excluding hydrogens is 200 g/mol. The average Bonchev–Trinajstić information content (AvgIpc) is 2.27. The molecule has 4 nitrogen and oxygen atoms in total. The largest absolute Gasteiger partial charge is 0.368 e. The standard InChI is InChI=1S/C12H22N4/c1-9(2)10-5-6-11(16-15-10)14-8-12(3,4)7-13/h5-6,9H,7-8,13H2,1-4H3,(H,14,16). The zero-order valence-corrected chi connectivity index (χ0v) is 10.6. The lowest BCUT2D eigenvalue weighted by Crippen LogP contribution is -2.31. The van der Waals surface area contributed by atoms with E-state index in [0.29, 0.717) is 12.5 Å². The lowest BCUT2D eigenvalue weighted by Gasteiger charge is -2.22. The predicted molar refractivity (Wildman–Crippen MR) is 67.4 cm³/mol. The molecule has 0 amide bonds. The van der Waals surface area contributed by atoms with E-state index in [1.807, 2.05) is 12.1 Å². The van der Waals surface area contributed by atoms with Gasteiger partial charge in [0.25, 0.3) is 0 Å². The highest BCUT2D eigenvalue weighted by Crippen LogP contribution is 2.15. The van der Waals surface area contributed by atoms with E-state index >= 15 is 0 Å². The molecule has 0 aliphatic rings. The molecule has 0 unspecified atom stereocenters. The molecule has 0 radical (unpaired) electrons. The van der Waals surface area contributed by atoms with Crippen LogP contribution in [0.25, 0.3) is 0 Å². The van der Waals surface area contributed by atoms with E-state index in [0.717, 1.165) is 18.1 Å². The summed E-state index contributed by atoms with van der Waals surface area (Å²) in [6.45, 7) is 9.91. The number of rotatable bonds is 5. The molecular formula is C12H22N4. The van der Waals surface area contributed by atoms with E-state index in [-0.39, 0.29) is 5.41 Å². The third-order valence-corrected chi connectivity index (χ3v) is 2.58. The van der Waals surface area contributed by atoms with E-state index in [9.17, 15) is 0 Å². The van der Waals surface area contributed by atoms with Crippen molar-refractivity contribution in [3.63, 3.8) is 0 Å². The Bertz CT molecular complexity index is 316. The van der Waals surface area contributed by atoms with Crippen LogP contribution >= 0.6 is 0 Å². The molecule has 16 heavy (non-hydrogen) atoms. The summed E-state index contributed by atoms with van der Waals surface area (Å²) in [4.78, 5) is 0. The molecule has 1 rings (SSSR count). The third kappa shape index (κ3) is 3.77. The molecule has 0 atom stereocenters. The first-order valence-corrected chi connectivity index (χ1v) is 5.72. The summed E-state index contributed by atoms with van der Waals surface area (Å²) in [5.41, 5.74) is 6.76. The summed E-state index contributed by atoms with van der Waals surface area (Å²) < 4.78 is 0. The van der Waals surface area contributed by atoms with Crippen LogP contribution in [0.4, 0.5) is 5.82 Å². The molecule has 0 bridgehead atoms. The van der Waals surface area contributed by atoms with Crippen molar-refractivity contribution in [2.24, 2.45) is 11.1 Å². The first-order chi connectivity index (χ1) is 7.44. The van der Waals surface area contributed by atoms with Gasteiger partial charge in [-0.3, -0.25) is 0 Å². The summed E-state index contributed by atoms with van der Waals surface area (Å²) in [7, 11) is 0. The fourth-order valence-corrected chi connectivity index (χ4v) is 1.15. The molecule has 0 saturated carbocycles. The second-order valence-corrected chi connectivity index (χ2v) is 5.22. The number of aromatic nitrogens is 2. The molecule has 1 heterocycles. The zero-order valence-electron chi connectivity index (χ0n) is 10.6. The number of nitrogens with zero attached hydrogens (tertiary/aromatic N) is 2. The Labute approximate surface area is 97.6 Å². The SMILES string of the molecule is CC(C)c1ccc(NCC(C)(C)CN)nn1. The van der Waals surface area contributed by atoms with Gasteiger partial charge in [0.1, 0.15) is 5.82 Å². The number of hydrogen-bond acceptors (Lipinski definition) is 4. The Hall–Kier alpha value is -1.16. The molecule has 1 aromatic heterocycles. The van der Waals surface area contributed by atoms with Crippen LogP contribution in [0.3, 0.4) is 0 Å². The van der Waals surface area contributed by atoms with Gasteiger partial charge < -0.3 is 11.1 Å². The molecule has 1 aromatic rings. The van der Waals surface area contributed by atoms with Gasteiger partial charge in [-0.15, -0.1) is 5.10 Å². The number of anilines is 1.